The maximum absolute atomic E-state index is 12.8. The minimum atomic E-state index is -0.984. The van der Waals surface area contributed by atoms with Crippen LogP contribution in [0.2, 0.25) is 0 Å². The number of aromatic nitrogens is 1. The maximum Gasteiger partial charge on any atom is 0.166 e. The maximum atomic E-state index is 12.8. The number of aliphatic hydroxyl groups is 1. The van der Waals surface area contributed by atoms with Crippen LogP contribution in [0.3, 0.4) is 0 Å². The molecule has 3 N–H and O–H groups in total. The fourth-order valence-corrected chi connectivity index (χ4v) is 7.84. The molecule has 2 aromatic carbocycles. The van der Waals surface area contributed by atoms with E-state index in [1.54, 1.807) is 6.07 Å². The summed E-state index contributed by atoms with van der Waals surface area (Å²) in [7, 11) is 0. The van der Waals surface area contributed by atoms with E-state index in [2.05, 4.69) is 20.0 Å². The fourth-order valence-electron chi connectivity index (χ4n) is 7.73. The van der Waals surface area contributed by atoms with Crippen molar-refractivity contribution in [2.75, 3.05) is 13.1 Å². The molecule has 34 heavy (non-hydrogen) atoms. The molecule has 8 rings (SSSR count). The summed E-state index contributed by atoms with van der Waals surface area (Å²) in [4.78, 5) is 10.4. The molecule has 0 amide bonds. The van der Waals surface area contributed by atoms with E-state index in [9.17, 15) is 10.2 Å². The lowest BCUT2D eigenvalue weighted by Crippen LogP contribution is -2.74. The Labute approximate surface area is 202 Å². The van der Waals surface area contributed by atoms with Gasteiger partial charge in [-0.1, -0.05) is 6.07 Å². The predicted octanol–water partition coefficient (Wildman–Crippen LogP) is 4.31. The SMILES string of the molecule is Oc1ccc2c3c1O[C@H]1c4[nH]c5ccc(N=C=S)cc5c4C[C@@]4(O)[C@H](C2)N(CC2CC2)CC[C@]314. The van der Waals surface area contributed by atoms with Crippen molar-refractivity contribution >= 4 is 34.0 Å². The van der Waals surface area contributed by atoms with E-state index in [1.165, 1.54) is 18.4 Å². The van der Waals surface area contributed by atoms with Crippen LogP contribution >= 0.6 is 12.2 Å². The van der Waals surface area contributed by atoms with Crippen LogP contribution in [0.1, 0.15) is 47.8 Å². The average Bonchev–Trinajstić information content (AvgIpc) is 3.46. The third-order valence-corrected chi connectivity index (χ3v) is 9.41. The van der Waals surface area contributed by atoms with Crippen molar-refractivity contribution in [2.24, 2.45) is 10.9 Å². The molecule has 0 radical (unpaired) electrons. The molecule has 1 saturated heterocycles. The van der Waals surface area contributed by atoms with Crippen LogP contribution < -0.4 is 4.74 Å². The van der Waals surface area contributed by atoms with Crippen LogP contribution in [0.15, 0.2) is 35.3 Å². The Balaban J connectivity index is 1.40. The van der Waals surface area contributed by atoms with Gasteiger partial charge in [0.25, 0.3) is 0 Å². The van der Waals surface area contributed by atoms with Crippen LogP contribution in [0.5, 0.6) is 11.5 Å². The number of thiocarbonyl (C=S) groups is 1. The van der Waals surface area contributed by atoms with Gasteiger partial charge in [-0.15, -0.1) is 0 Å². The number of aliphatic imine (C=N–C) groups is 1. The van der Waals surface area contributed by atoms with Crippen molar-refractivity contribution in [1.29, 1.82) is 0 Å². The second-order valence-electron chi connectivity index (χ2n) is 10.9. The first kappa shape index (κ1) is 19.6. The van der Waals surface area contributed by atoms with E-state index in [4.69, 9.17) is 17.0 Å². The summed E-state index contributed by atoms with van der Waals surface area (Å²) >= 11 is 4.82. The normalized spacial score (nSPS) is 32.6. The third kappa shape index (κ3) is 2.20. The minimum Gasteiger partial charge on any atom is -0.504 e. The number of rotatable bonds is 3. The zero-order valence-electron chi connectivity index (χ0n) is 18.7. The largest absolute Gasteiger partial charge is 0.504 e. The van der Waals surface area contributed by atoms with Crippen molar-refractivity contribution in [3.63, 3.8) is 0 Å². The van der Waals surface area contributed by atoms with Crippen LogP contribution in [-0.2, 0) is 18.3 Å². The standard InChI is InChI=1S/C27H25N3O3S/c31-20-6-3-15-9-21-27(32)11-18-17-10-16(28-13-34)4-5-19(17)29-23(18)25-26(27,22(15)24(20)33-25)7-8-30(21)12-14-1-2-14/h3-6,10,14,21,25,29,31-32H,1-2,7-9,11-12H2/t21-,25-,26-,27+/m0/s1. The number of phenols is 1. The number of isothiocyanates is 1. The van der Waals surface area contributed by atoms with Crippen molar-refractivity contribution in [3.8, 4) is 11.5 Å². The first-order valence-electron chi connectivity index (χ1n) is 12.2. The lowest BCUT2D eigenvalue weighted by Gasteiger charge is -2.62. The first-order valence-corrected chi connectivity index (χ1v) is 12.6. The number of H-pyrrole nitrogens is 1. The summed E-state index contributed by atoms with van der Waals surface area (Å²) in [5, 5.41) is 27.1. The van der Waals surface area contributed by atoms with E-state index in [1.807, 2.05) is 24.3 Å². The Morgan fingerprint density at radius 2 is 2.15 bits per heavy atom. The van der Waals surface area contributed by atoms with Gasteiger partial charge >= 0.3 is 0 Å². The quantitative estimate of drug-likeness (QED) is 0.392. The highest BCUT2D eigenvalue weighted by Gasteiger charge is 2.72. The number of nitrogens with one attached hydrogen (secondary N) is 1. The second kappa shape index (κ2) is 6.29. The van der Waals surface area contributed by atoms with E-state index in [0.717, 1.165) is 65.3 Å². The zero-order valence-corrected chi connectivity index (χ0v) is 19.5. The van der Waals surface area contributed by atoms with Crippen molar-refractivity contribution in [1.82, 2.24) is 9.88 Å². The zero-order chi connectivity index (χ0) is 22.8. The predicted molar refractivity (Wildman–Crippen MR) is 131 cm³/mol. The molecule has 3 heterocycles. The van der Waals surface area contributed by atoms with Gasteiger partial charge in [-0.3, -0.25) is 4.90 Å². The van der Waals surface area contributed by atoms with E-state index < -0.39 is 11.0 Å². The number of ether oxygens (including phenoxy) is 1. The van der Waals surface area contributed by atoms with Crippen LogP contribution in [0.4, 0.5) is 5.69 Å². The fraction of sp³-hybridized carbons (Fsp3) is 0.444. The number of fused-ring (bicyclic) bond motifs is 4. The summed E-state index contributed by atoms with van der Waals surface area (Å²) in [5.41, 5.74) is 4.56. The number of aromatic amines is 1. The number of likely N-dealkylation sites (tertiary alicyclic amines) is 1. The molecule has 2 aliphatic heterocycles. The highest BCUT2D eigenvalue weighted by atomic mass is 32.1. The van der Waals surface area contributed by atoms with Crippen molar-refractivity contribution in [2.45, 2.75) is 55.3 Å². The number of hydrogen-bond donors (Lipinski definition) is 3. The molecule has 5 aliphatic rings. The highest BCUT2D eigenvalue weighted by molar-refractivity contribution is 7.78. The van der Waals surface area contributed by atoms with Gasteiger partial charge in [0.15, 0.2) is 17.6 Å². The van der Waals surface area contributed by atoms with Gasteiger partial charge in [0.1, 0.15) is 0 Å². The van der Waals surface area contributed by atoms with E-state index >= 15 is 0 Å². The van der Waals surface area contributed by atoms with Gasteiger partial charge in [-0.05, 0) is 85.8 Å². The molecule has 1 saturated carbocycles. The molecule has 1 aromatic heterocycles. The Hall–Kier alpha value is -2.70. The number of piperidine rings is 1. The number of aromatic hydroxyl groups is 1. The summed E-state index contributed by atoms with van der Waals surface area (Å²) in [6.45, 7) is 2.00. The van der Waals surface area contributed by atoms with Crippen molar-refractivity contribution < 1.29 is 14.9 Å². The van der Waals surface area contributed by atoms with Gasteiger partial charge in [-0.2, -0.15) is 4.99 Å². The Morgan fingerprint density at radius 1 is 1.26 bits per heavy atom. The van der Waals surface area contributed by atoms with Gasteiger partial charge in [-0.25, -0.2) is 0 Å². The third-order valence-electron chi connectivity index (χ3n) is 9.32. The highest BCUT2D eigenvalue weighted by Crippen LogP contribution is 2.69. The number of phenolic OH excluding ortho intramolecular Hbond substituents is 1. The molecule has 7 heteroatoms. The molecule has 4 atom stereocenters. The smallest absolute Gasteiger partial charge is 0.166 e. The molecule has 3 aliphatic carbocycles. The molecular weight excluding hydrogens is 446 g/mol. The summed E-state index contributed by atoms with van der Waals surface area (Å²) in [6, 6.07) is 9.79. The van der Waals surface area contributed by atoms with Gasteiger partial charge in [0.2, 0.25) is 0 Å². The molecule has 172 valence electrons. The lowest BCUT2D eigenvalue weighted by molar-refractivity contribution is -0.173. The number of hydrogen-bond acceptors (Lipinski definition) is 6. The Morgan fingerprint density at radius 3 is 2.97 bits per heavy atom. The number of benzene rings is 2. The molecule has 1 spiro atoms. The van der Waals surface area contributed by atoms with E-state index in [-0.39, 0.29) is 17.9 Å². The van der Waals surface area contributed by atoms with Crippen LogP contribution in [-0.4, -0.2) is 50.0 Å². The number of nitrogens with zero attached hydrogens (tertiary/aromatic N) is 2. The summed E-state index contributed by atoms with van der Waals surface area (Å²) < 4.78 is 6.62. The van der Waals surface area contributed by atoms with Gasteiger partial charge in [0.05, 0.1) is 27.6 Å². The Kier molecular flexibility index (Phi) is 3.63. The molecule has 2 fully saturated rings. The van der Waals surface area contributed by atoms with Gasteiger partial charge in [0, 0.05) is 35.5 Å². The first-order chi connectivity index (χ1) is 16.5. The monoisotopic (exact) mass is 471 g/mol. The second-order valence-corrected chi connectivity index (χ2v) is 11.1. The Bertz CT molecular complexity index is 1460. The molecule has 0 unspecified atom stereocenters. The van der Waals surface area contributed by atoms with Crippen LogP contribution in [0, 0.1) is 5.92 Å². The topological polar surface area (TPSA) is 81.1 Å². The average molecular weight is 472 g/mol. The summed E-state index contributed by atoms with van der Waals surface area (Å²) in [5.74, 6) is 1.49. The van der Waals surface area contributed by atoms with Crippen LogP contribution in [0.25, 0.3) is 10.9 Å². The van der Waals surface area contributed by atoms with E-state index in [0.29, 0.717) is 12.2 Å². The van der Waals surface area contributed by atoms with Gasteiger partial charge < -0.3 is 19.9 Å². The molecule has 2 bridgehead atoms. The van der Waals surface area contributed by atoms with Crippen molar-refractivity contribution in [3.05, 3.63) is 52.7 Å². The molecule has 3 aromatic rings. The molecule has 6 nitrogen and oxygen atoms in total. The summed E-state index contributed by atoms with van der Waals surface area (Å²) in [6.07, 6.45) is 4.37. The minimum absolute atomic E-state index is 0.0243. The molecular formula is C27H25N3O3S. The lowest BCUT2D eigenvalue weighted by atomic mass is 9.49.